The summed E-state index contributed by atoms with van der Waals surface area (Å²) in [6.45, 7) is 6.37. The van der Waals surface area contributed by atoms with Gasteiger partial charge in [0.25, 0.3) is 0 Å². The van der Waals surface area contributed by atoms with Crippen molar-refractivity contribution in [1.29, 1.82) is 0 Å². The molecule has 10 heteroatoms. The first-order valence-corrected chi connectivity index (χ1v) is 14.9. The van der Waals surface area contributed by atoms with Crippen molar-refractivity contribution < 1.29 is 23.4 Å². The number of nitrogens with one attached hydrogen (secondary N) is 1. The number of benzene rings is 3. The Morgan fingerprint density at radius 1 is 1.00 bits per heavy atom. The van der Waals surface area contributed by atoms with E-state index in [-0.39, 0.29) is 19.0 Å². The average Bonchev–Trinajstić information content (AvgIpc) is 3.41. The molecule has 0 fully saturated rings. The van der Waals surface area contributed by atoms with Crippen molar-refractivity contribution in [3.63, 3.8) is 0 Å². The summed E-state index contributed by atoms with van der Waals surface area (Å²) in [7, 11) is 0. The molecule has 0 aliphatic carbocycles. The number of halogens is 1. The van der Waals surface area contributed by atoms with Gasteiger partial charge in [-0.15, -0.1) is 5.10 Å². The summed E-state index contributed by atoms with van der Waals surface area (Å²) in [5, 5.41) is 8.63. The highest BCUT2D eigenvalue weighted by Crippen LogP contribution is 2.40. The molecular weight excluding hydrogens is 555 g/mol. The van der Waals surface area contributed by atoms with Crippen LogP contribution in [0.3, 0.4) is 0 Å². The van der Waals surface area contributed by atoms with Gasteiger partial charge in [0, 0.05) is 17.0 Å². The number of allylic oxidation sites excluding steroid dienone is 1. The van der Waals surface area contributed by atoms with E-state index in [1.165, 1.54) is 6.07 Å². The molecule has 2 heterocycles. The molecule has 1 aromatic heterocycles. The van der Waals surface area contributed by atoms with Gasteiger partial charge in [-0.3, -0.25) is 0 Å². The average molecular weight is 589 g/mol. The van der Waals surface area contributed by atoms with Gasteiger partial charge in [-0.05, 0) is 49.6 Å². The molecule has 0 amide bonds. The maximum atomic E-state index is 14.2. The summed E-state index contributed by atoms with van der Waals surface area (Å²) in [6, 6.07) is 20.9. The predicted octanol–water partition coefficient (Wildman–Crippen LogP) is 6.93. The van der Waals surface area contributed by atoms with Crippen molar-refractivity contribution in [3.8, 4) is 11.5 Å². The van der Waals surface area contributed by atoms with E-state index in [2.05, 4.69) is 17.2 Å². The summed E-state index contributed by atoms with van der Waals surface area (Å²) in [4.78, 5) is 18.3. The number of ether oxygens (including phenoxy) is 3. The monoisotopic (exact) mass is 588 g/mol. The number of rotatable bonds is 12. The molecule has 4 aromatic rings. The molecule has 0 radical (unpaired) electrons. The molecule has 1 atom stereocenters. The highest BCUT2D eigenvalue weighted by atomic mass is 32.2. The number of nitrogens with zero attached hydrogens (tertiary/aromatic N) is 3. The SMILES string of the molecule is CCCSc1nc2n(n1)C(c1ccc(OCc3ccccc3F)c(OCC)c1)C(C(=O)OCc1ccccc1)=C(C)N2. The molecular formula is C32H33FN4O4S. The van der Waals surface area contributed by atoms with Crippen LogP contribution in [0, 0.1) is 5.82 Å². The van der Waals surface area contributed by atoms with E-state index < -0.39 is 12.0 Å². The van der Waals surface area contributed by atoms with Gasteiger partial charge in [0.1, 0.15) is 25.1 Å². The minimum absolute atomic E-state index is 0.0424. The first-order valence-electron chi connectivity index (χ1n) is 13.9. The van der Waals surface area contributed by atoms with Gasteiger partial charge in [0.15, 0.2) is 11.5 Å². The molecule has 42 heavy (non-hydrogen) atoms. The number of esters is 1. The van der Waals surface area contributed by atoms with Gasteiger partial charge in [-0.25, -0.2) is 13.9 Å². The summed E-state index contributed by atoms with van der Waals surface area (Å²) >= 11 is 1.56. The molecule has 0 spiro atoms. The smallest absolute Gasteiger partial charge is 0.338 e. The Kier molecular flexibility index (Phi) is 9.43. The number of anilines is 1. The summed E-state index contributed by atoms with van der Waals surface area (Å²) in [5.74, 6) is 1.54. The van der Waals surface area contributed by atoms with Gasteiger partial charge < -0.3 is 19.5 Å². The molecule has 3 aromatic carbocycles. The normalized spacial score (nSPS) is 14.2. The van der Waals surface area contributed by atoms with Crippen LogP contribution in [0.5, 0.6) is 11.5 Å². The molecule has 0 bridgehead atoms. The van der Waals surface area contributed by atoms with Crippen LogP contribution in [0.25, 0.3) is 0 Å². The molecule has 0 saturated heterocycles. The van der Waals surface area contributed by atoms with Crippen LogP contribution in [0.4, 0.5) is 10.3 Å². The molecule has 1 aliphatic rings. The Morgan fingerprint density at radius 3 is 2.55 bits per heavy atom. The number of thioether (sulfide) groups is 1. The van der Waals surface area contributed by atoms with Crippen molar-refractivity contribution in [3.05, 3.63) is 107 Å². The second kappa shape index (κ2) is 13.6. The Labute approximate surface area is 248 Å². The van der Waals surface area contributed by atoms with Crippen LogP contribution in [0.1, 0.15) is 49.9 Å². The van der Waals surface area contributed by atoms with Crippen LogP contribution < -0.4 is 14.8 Å². The second-order valence-corrected chi connectivity index (χ2v) is 10.7. The lowest BCUT2D eigenvalue weighted by molar-refractivity contribution is -0.140. The standard InChI is InChI=1S/C32H33FN4O4S/c1-4-17-42-32-35-31-34-21(3)28(30(38)41-19-22-11-7-6-8-12-22)29(37(31)36-32)23-15-16-26(27(18-23)39-5-2)40-20-24-13-9-10-14-25(24)33/h6-16,18,29H,4-5,17,19-20H2,1-3H3,(H,34,35,36). The van der Waals surface area contributed by atoms with E-state index in [0.717, 1.165) is 23.3 Å². The Hall–Kier alpha value is -4.31. The molecule has 5 rings (SSSR count). The Morgan fingerprint density at radius 2 is 1.79 bits per heavy atom. The van der Waals surface area contributed by atoms with Crippen molar-refractivity contribution in [2.45, 2.75) is 51.6 Å². The van der Waals surface area contributed by atoms with E-state index in [1.54, 1.807) is 40.7 Å². The fraction of sp³-hybridized carbons (Fsp3) is 0.281. The maximum absolute atomic E-state index is 14.2. The lowest BCUT2D eigenvalue weighted by atomic mass is 9.95. The molecule has 218 valence electrons. The fourth-order valence-electron chi connectivity index (χ4n) is 4.61. The van der Waals surface area contributed by atoms with Crippen LogP contribution >= 0.6 is 11.8 Å². The Bertz CT molecular complexity index is 1570. The zero-order chi connectivity index (χ0) is 29.5. The van der Waals surface area contributed by atoms with Crippen molar-refractivity contribution in [2.24, 2.45) is 0 Å². The minimum Gasteiger partial charge on any atom is -0.490 e. The highest BCUT2D eigenvalue weighted by Gasteiger charge is 2.36. The van der Waals surface area contributed by atoms with Crippen LogP contribution in [-0.2, 0) is 22.7 Å². The first-order chi connectivity index (χ1) is 20.5. The number of aromatic nitrogens is 3. The largest absolute Gasteiger partial charge is 0.490 e. The lowest BCUT2D eigenvalue weighted by Crippen LogP contribution is -2.29. The van der Waals surface area contributed by atoms with Gasteiger partial charge in [-0.1, -0.05) is 73.3 Å². The quantitative estimate of drug-likeness (QED) is 0.141. The third-order valence-corrected chi connectivity index (χ3v) is 7.67. The van der Waals surface area contributed by atoms with E-state index >= 15 is 0 Å². The lowest BCUT2D eigenvalue weighted by Gasteiger charge is -2.28. The second-order valence-electron chi connectivity index (χ2n) is 9.66. The predicted molar refractivity (Wildman–Crippen MR) is 160 cm³/mol. The van der Waals surface area contributed by atoms with Crippen LogP contribution in [-0.4, -0.2) is 33.1 Å². The van der Waals surface area contributed by atoms with Crippen molar-refractivity contribution >= 4 is 23.7 Å². The van der Waals surface area contributed by atoms with Crippen molar-refractivity contribution in [1.82, 2.24) is 14.8 Å². The highest BCUT2D eigenvalue weighted by molar-refractivity contribution is 7.99. The Balaban J connectivity index is 1.50. The van der Waals surface area contributed by atoms with E-state index in [1.807, 2.05) is 56.3 Å². The first kappa shape index (κ1) is 29.2. The van der Waals surface area contributed by atoms with Crippen LogP contribution in [0.2, 0.25) is 0 Å². The third kappa shape index (κ3) is 6.60. The topological polar surface area (TPSA) is 87.5 Å². The van der Waals surface area contributed by atoms with E-state index in [9.17, 15) is 9.18 Å². The summed E-state index contributed by atoms with van der Waals surface area (Å²) < 4.78 is 33.6. The number of hydrogen-bond acceptors (Lipinski definition) is 8. The zero-order valence-corrected chi connectivity index (χ0v) is 24.6. The van der Waals surface area contributed by atoms with Gasteiger partial charge in [-0.2, -0.15) is 4.98 Å². The van der Waals surface area contributed by atoms with Gasteiger partial charge in [0.2, 0.25) is 11.1 Å². The van der Waals surface area contributed by atoms with E-state index in [4.69, 9.17) is 19.3 Å². The number of carbonyl (C=O) groups excluding carboxylic acids is 1. The van der Waals surface area contributed by atoms with Crippen molar-refractivity contribution in [2.75, 3.05) is 17.7 Å². The summed E-state index contributed by atoms with van der Waals surface area (Å²) in [5.41, 5.74) is 3.11. The molecule has 0 saturated carbocycles. The van der Waals surface area contributed by atoms with Gasteiger partial charge >= 0.3 is 5.97 Å². The number of hydrogen-bond donors (Lipinski definition) is 1. The molecule has 1 N–H and O–H groups in total. The summed E-state index contributed by atoms with van der Waals surface area (Å²) in [6.07, 6.45) is 0.978. The number of carbonyl (C=O) groups is 1. The third-order valence-electron chi connectivity index (χ3n) is 6.63. The molecule has 8 nitrogen and oxygen atoms in total. The molecule has 1 aliphatic heterocycles. The number of fused-ring (bicyclic) bond motifs is 1. The van der Waals surface area contributed by atoms with Gasteiger partial charge in [0.05, 0.1) is 12.2 Å². The zero-order valence-electron chi connectivity index (χ0n) is 23.8. The maximum Gasteiger partial charge on any atom is 0.338 e. The molecule has 1 unspecified atom stereocenters. The fourth-order valence-corrected chi connectivity index (χ4v) is 5.30. The van der Waals surface area contributed by atoms with E-state index in [0.29, 0.717) is 46.0 Å². The van der Waals surface area contributed by atoms with Crippen LogP contribution in [0.15, 0.2) is 89.2 Å². The minimum atomic E-state index is -0.632.